The molecule has 0 fully saturated rings. The summed E-state index contributed by atoms with van der Waals surface area (Å²) in [5.74, 6) is 0. The van der Waals surface area contributed by atoms with Crippen LogP contribution >= 0.6 is 11.6 Å². The van der Waals surface area contributed by atoms with Gasteiger partial charge in [0.15, 0.2) is 5.69 Å². The van der Waals surface area contributed by atoms with Gasteiger partial charge in [0.2, 0.25) is 0 Å². The summed E-state index contributed by atoms with van der Waals surface area (Å²) < 4.78 is 1.73. The fourth-order valence-electron chi connectivity index (χ4n) is 1.64. The molecule has 0 aliphatic carbocycles. The lowest BCUT2D eigenvalue weighted by atomic mass is 10.1. The molecule has 0 N–H and O–H groups in total. The Hall–Kier alpha value is -1.86. The van der Waals surface area contributed by atoms with Crippen molar-refractivity contribution in [1.82, 2.24) is 15.0 Å². The highest BCUT2D eigenvalue weighted by Crippen LogP contribution is 2.26. The molecule has 0 unspecified atom stereocenters. The SMILES string of the molecule is CC(C)n1nnc(C#N)c1-c1cccc(Cl)c1. The molecule has 0 aliphatic rings. The highest BCUT2D eigenvalue weighted by Gasteiger charge is 2.16. The average Bonchev–Trinajstić information content (AvgIpc) is 2.72. The smallest absolute Gasteiger partial charge is 0.190 e. The number of hydrogen-bond donors (Lipinski definition) is 0. The normalized spacial score (nSPS) is 10.5. The van der Waals surface area contributed by atoms with Gasteiger partial charge in [0.1, 0.15) is 11.8 Å². The highest BCUT2D eigenvalue weighted by molar-refractivity contribution is 6.30. The summed E-state index contributed by atoms with van der Waals surface area (Å²) in [5, 5.41) is 17.5. The van der Waals surface area contributed by atoms with Crippen molar-refractivity contribution in [3.63, 3.8) is 0 Å². The molecule has 0 atom stereocenters. The standard InChI is InChI=1S/C12H11ClN4/c1-8(2)17-12(11(7-14)15-16-17)9-4-3-5-10(13)6-9/h3-6,8H,1-2H3. The van der Waals surface area contributed by atoms with Crippen LogP contribution < -0.4 is 0 Å². The minimum atomic E-state index is 0.138. The fraction of sp³-hybridized carbons (Fsp3) is 0.250. The summed E-state index contributed by atoms with van der Waals surface area (Å²) in [6, 6.07) is 9.52. The van der Waals surface area contributed by atoms with Gasteiger partial charge in [0, 0.05) is 16.6 Å². The first kappa shape index (κ1) is 11.6. The van der Waals surface area contributed by atoms with Crippen LogP contribution in [0.4, 0.5) is 0 Å². The van der Waals surface area contributed by atoms with E-state index in [0.29, 0.717) is 16.4 Å². The van der Waals surface area contributed by atoms with Crippen LogP contribution in [0.15, 0.2) is 24.3 Å². The van der Waals surface area contributed by atoms with Crippen LogP contribution in [0.1, 0.15) is 25.6 Å². The van der Waals surface area contributed by atoms with Crippen molar-refractivity contribution in [2.45, 2.75) is 19.9 Å². The molecule has 0 radical (unpaired) electrons. The minimum absolute atomic E-state index is 0.138. The summed E-state index contributed by atoms with van der Waals surface area (Å²) in [5.41, 5.74) is 1.89. The summed E-state index contributed by atoms with van der Waals surface area (Å²) >= 11 is 5.96. The van der Waals surface area contributed by atoms with Crippen molar-refractivity contribution in [2.75, 3.05) is 0 Å². The summed E-state index contributed by atoms with van der Waals surface area (Å²) in [6.07, 6.45) is 0. The zero-order chi connectivity index (χ0) is 12.4. The molecule has 1 heterocycles. The van der Waals surface area contributed by atoms with Crippen LogP contribution in [0, 0.1) is 11.3 Å². The fourth-order valence-corrected chi connectivity index (χ4v) is 1.83. The van der Waals surface area contributed by atoms with Gasteiger partial charge in [-0.05, 0) is 26.0 Å². The molecule has 0 saturated heterocycles. The molecular weight excluding hydrogens is 236 g/mol. The predicted octanol–water partition coefficient (Wildman–Crippen LogP) is 3.05. The van der Waals surface area contributed by atoms with Gasteiger partial charge < -0.3 is 0 Å². The molecule has 86 valence electrons. The lowest BCUT2D eigenvalue weighted by Crippen LogP contribution is -2.05. The molecule has 0 amide bonds. The number of rotatable bonds is 2. The third-order valence-electron chi connectivity index (χ3n) is 2.39. The van der Waals surface area contributed by atoms with E-state index in [9.17, 15) is 0 Å². The lowest BCUT2D eigenvalue weighted by molar-refractivity contribution is 0.519. The van der Waals surface area contributed by atoms with E-state index in [0.717, 1.165) is 5.56 Å². The molecule has 0 spiro atoms. The minimum Gasteiger partial charge on any atom is -0.241 e. The number of nitrogens with zero attached hydrogens (tertiary/aromatic N) is 4. The van der Waals surface area contributed by atoms with Gasteiger partial charge in [0.05, 0.1) is 0 Å². The van der Waals surface area contributed by atoms with Crippen LogP contribution in [-0.4, -0.2) is 15.0 Å². The van der Waals surface area contributed by atoms with E-state index in [-0.39, 0.29) is 6.04 Å². The highest BCUT2D eigenvalue weighted by atomic mass is 35.5. The van der Waals surface area contributed by atoms with E-state index in [2.05, 4.69) is 16.4 Å². The van der Waals surface area contributed by atoms with Gasteiger partial charge >= 0.3 is 0 Å². The van der Waals surface area contributed by atoms with Crippen molar-refractivity contribution in [3.05, 3.63) is 35.0 Å². The first-order valence-electron chi connectivity index (χ1n) is 5.24. The maximum absolute atomic E-state index is 9.05. The average molecular weight is 247 g/mol. The molecule has 0 aliphatic heterocycles. The van der Waals surface area contributed by atoms with Gasteiger partial charge in [-0.3, -0.25) is 0 Å². The van der Waals surface area contributed by atoms with Gasteiger partial charge in [-0.15, -0.1) is 5.10 Å². The number of halogens is 1. The topological polar surface area (TPSA) is 54.5 Å². The Kier molecular flexibility index (Phi) is 3.12. The molecule has 0 saturated carbocycles. The molecule has 4 nitrogen and oxygen atoms in total. The van der Waals surface area contributed by atoms with Crippen LogP contribution in [0.5, 0.6) is 0 Å². The third kappa shape index (κ3) is 2.15. The first-order valence-corrected chi connectivity index (χ1v) is 5.62. The largest absolute Gasteiger partial charge is 0.241 e. The summed E-state index contributed by atoms with van der Waals surface area (Å²) in [4.78, 5) is 0. The van der Waals surface area contributed by atoms with E-state index in [4.69, 9.17) is 16.9 Å². The Morgan fingerprint density at radius 2 is 2.18 bits per heavy atom. The Balaban J connectivity index is 2.65. The molecule has 2 rings (SSSR count). The Labute approximate surface area is 104 Å². The second-order valence-corrected chi connectivity index (χ2v) is 4.38. The van der Waals surface area contributed by atoms with E-state index in [1.54, 1.807) is 16.8 Å². The van der Waals surface area contributed by atoms with Crippen molar-refractivity contribution >= 4 is 11.6 Å². The molecular formula is C12H11ClN4. The molecule has 5 heteroatoms. The third-order valence-corrected chi connectivity index (χ3v) is 2.62. The Morgan fingerprint density at radius 3 is 2.76 bits per heavy atom. The van der Waals surface area contributed by atoms with Gasteiger partial charge in [-0.1, -0.05) is 28.9 Å². The molecule has 1 aromatic carbocycles. The molecule has 1 aromatic heterocycles. The van der Waals surface area contributed by atoms with Crippen molar-refractivity contribution < 1.29 is 0 Å². The van der Waals surface area contributed by atoms with E-state index in [1.807, 2.05) is 26.0 Å². The zero-order valence-electron chi connectivity index (χ0n) is 9.55. The number of hydrogen-bond acceptors (Lipinski definition) is 3. The van der Waals surface area contributed by atoms with Crippen molar-refractivity contribution in [2.24, 2.45) is 0 Å². The van der Waals surface area contributed by atoms with Gasteiger partial charge in [-0.2, -0.15) is 5.26 Å². The quantitative estimate of drug-likeness (QED) is 0.818. The second kappa shape index (κ2) is 4.56. The van der Waals surface area contributed by atoms with Crippen LogP contribution in [-0.2, 0) is 0 Å². The number of aromatic nitrogens is 3. The van der Waals surface area contributed by atoms with Crippen LogP contribution in [0.25, 0.3) is 11.3 Å². The van der Waals surface area contributed by atoms with E-state index >= 15 is 0 Å². The van der Waals surface area contributed by atoms with Gasteiger partial charge in [0.25, 0.3) is 0 Å². The monoisotopic (exact) mass is 246 g/mol. The van der Waals surface area contributed by atoms with Crippen molar-refractivity contribution in [3.8, 4) is 17.3 Å². The van der Waals surface area contributed by atoms with Crippen molar-refractivity contribution in [1.29, 1.82) is 5.26 Å². The Bertz CT molecular complexity index is 580. The Morgan fingerprint density at radius 1 is 1.41 bits per heavy atom. The second-order valence-electron chi connectivity index (χ2n) is 3.95. The van der Waals surface area contributed by atoms with Gasteiger partial charge in [-0.25, -0.2) is 4.68 Å². The maximum atomic E-state index is 9.05. The van der Waals surface area contributed by atoms with E-state index < -0.39 is 0 Å². The van der Waals surface area contributed by atoms with Crippen LogP contribution in [0.3, 0.4) is 0 Å². The molecule has 17 heavy (non-hydrogen) atoms. The molecule has 0 bridgehead atoms. The summed E-state index contributed by atoms with van der Waals surface area (Å²) in [7, 11) is 0. The number of benzene rings is 1. The summed E-state index contributed by atoms with van der Waals surface area (Å²) in [6.45, 7) is 3.98. The maximum Gasteiger partial charge on any atom is 0.190 e. The number of nitriles is 1. The van der Waals surface area contributed by atoms with E-state index in [1.165, 1.54) is 0 Å². The zero-order valence-corrected chi connectivity index (χ0v) is 10.3. The first-order chi connectivity index (χ1) is 8.13. The predicted molar refractivity (Wildman–Crippen MR) is 65.6 cm³/mol. The lowest BCUT2D eigenvalue weighted by Gasteiger charge is -2.09. The van der Waals surface area contributed by atoms with Crippen LogP contribution in [0.2, 0.25) is 5.02 Å². The molecule has 2 aromatic rings.